The summed E-state index contributed by atoms with van der Waals surface area (Å²) in [4.78, 5) is 6.81. The summed E-state index contributed by atoms with van der Waals surface area (Å²) in [5.74, 6) is 1.68. The van der Waals surface area contributed by atoms with Gasteiger partial charge >= 0.3 is 0 Å². The van der Waals surface area contributed by atoms with E-state index in [-0.39, 0.29) is 6.17 Å². The Morgan fingerprint density at radius 1 is 1.21 bits per heavy atom. The number of benzene rings is 1. The molecule has 98 valence electrons. The predicted octanol–water partition coefficient (Wildman–Crippen LogP) is 2.60. The van der Waals surface area contributed by atoms with Crippen molar-refractivity contribution in [3.63, 3.8) is 0 Å². The van der Waals surface area contributed by atoms with Gasteiger partial charge in [0.2, 0.25) is 0 Å². The highest BCUT2D eigenvalue weighted by atomic mass is 15.4. The average molecular weight is 255 g/mol. The normalized spacial score (nSPS) is 18.1. The number of amidine groups is 1. The molecule has 1 atom stereocenters. The van der Waals surface area contributed by atoms with Crippen LogP contribution in [0, 0.1) is 0 Å². The van der Waals surface area contributed by atoms with Gasteiger partial charge in [0.05, 0.1) is 0 Å². The third kappa shape index (κ3) is 2.01. The van der Waals surface area contributed by atoms with E-state index < -0.39 is 0 Å². The molecule has 0 spiro atoms. The molecule has 0 N–H and O–H groups in total. The van der Waals surface area contributed by atoms with Crippen molar-refractivity contribution in [3.8, 4) is 0 Å². The van der Waals surface area contributed by atoms with Crippen LogP contribution in [0.5, 0.6) is 0 Å². The van der Waals surface area contributed by atoms with Crippen LogP contribution in [0.4, 0.5) is 5.95 Å². The molecule has 5 nitrogen and oxygen atoms in total. The molecule has 0 bridgehead atoms. The summed E-state index contributed by atoms with van der Waals surface area (Å²) in [6, 6.07) is 10.4. The van der Waals surface area contributed by atoms with E-state index in [9.17, 15) is 0 Å². The van der Waals surface area contributed by atoms with Crippen molar-refractivity contribution in [3.05, 3.63) is 42.2 Å². The molecular weight excluding hydrogens is 238 g/mol. The molecule has 1 aliphatic rings. The number of hydrogen-bond acceptors (Lipinski definition) is 4. The molecule has 1 aromatic heterocycles. The van der Waals surface area contributed by atoms with Crippen molar-refractivity contribution in [2.45, 2.75) is 26.4 Å². The monoisotopic (exact) mass is 255 g/mol. The summed E-state index contributed by atoms with van der Waals surface area (Å²) in [7, 11) is 0. The number of aromatic nitrogens is 3. The molecule has 1 aromatic carbocycles. The molecule has 0 saturated heterocycles. The van der Waals surface area contributed by atoms with Gasteiger partial charge in [-0.1, -0.05) is 37.3 Å². The molecule has 1 unspecified atom stereocenters. The van der Waals surface area contributed by atoms with Crippen LogP contribution in [0.15, 0.2) is 41.7 Å². The van der Waals surface area contributed by atoms with E-state index in [0.29, 0.717) is 5.95 Å². The van der Waals surface area contributed by atoms with Crippen LogP contribution in [0.3, 0.4) is 0 Å². The highest BCUT2D eigenvalue weighted by Gasteiger charge is 2.28. The molecule has 0 radical (unpaired) electrons. The van der Waals surface area contributed by atoms with Gasteiger partial charge in [-0.25, -0.2) is 0 Å². The van der Waals surface area contributed by atoms with E-state index in [0.717, 1.165) is 18.8 Å². The lowest BCUT2D eigenvalue weighted by Gasteiger charge is -2.36. The minimum absolute atomic E-state index is 0.101. The fraction of sp³-hybridized carbons (Fsp3) is 0.357. The van der Waals surface area contributed by atoms with Gasteiger partial charge < -0.3 is 4.90 Å². The fourth-order valence-corrected chi connectivity index (χ4v) is 2.52. The van der Waals surface area contributed by atoms with Crippen LogP contribution in [-0.2, 0) is 0 Å². The molecule has 5 heteroatoms. The van der Waals surface area contributed by atoms with Gasteiger partial charge in [-0.05, 0) is 18.9 Å². The first kappa shape index (κ1) is 11.9. The number of nitrogens with zero attached hydrogens (tertiary/aromatic N) is 5. The topological polar surface area (TPSA) is 46.3 Å². The summed E-state index contributed by atoms with van der Waals surface area (Å²) in [6.07, 6.45) is 2.93. The Morgan fingerprint density at radius 2 is 2.00 bits per heavy atom. The van der Waals surface area contributed by atoms with Crippen molar-refractivity contribution in [1.29, 1.82) is 0 Å². The Labute approximate surface area is 112 Å². The van der Waals surface area contributed by atoms with Gasteiger partial charge in [-0.3, -0.25) is 4.57 Å². The smallest absolute Gasteiger partial charge is 0.254 e. The lowest BCUT2D eigenvalue weighted by atomic mass is 10.1. The van der Waals surface area contributed by atoms with E-state index >= 15 is 0 Å². The molecule has 2 aromatic rings. The maximum atomic E-state index is 4.51. The quantitative estimate of drug-likeness (QED) is 0.847. The molecule has 2 heterocycles. The van der Waals surface area contributed by atoms with Gasteiger partial charge in [0.1, 0.15) is 18.3 Å². The lowest BCUT2D eigenvalue weighted by Crippen LogP contribution is -2.39. The first-order valence-corrected chi connectivity index (χ1v) is 6.57. The van der Waals surface area contributed by atoms with Crippen LogP contribution in [0.2, 0.25) is 0 Å². The number of aliphatic imine (C=N–C) groups is 1. The number of hydrogen-bond donors (Lipinski definition) is 0. The second-order valence-electron chi connectivity index (χ2n) is 4.67. The van der Waals surface area contributed by atoms with Crippen molar-refractivity contribution in [1.82, 2.24) is 19.7 Å². The summed E-state index contributed by atoms with van der Waals surface area (Å²) in [6.45, 7) is 5.17. The van der Waals surface area contributed by atoms with E-state index in [2.05, 4.69) is 51.3 Å². The maximum absolute atomic E-state index is 4.51. The highest BCUT2D eigenvalue weighted by molar-refractivity contribution is 5.83. The van der Waals surface area contributed by atoms with Gasteiger partial charge in [0, 0.05) is 6.54 Å². The number of fused-ring (bicyclic) bond motifs is 1. The number of rotatable bonds is 3. The SMILES string of the molecule is CCCN1C(C)=Nc2nncn2C1c1ccccc1. The van der Waals surface area contributed by atoms with Crippen molar-refractivity contribution in [2.75, 3.05) is 6.54 Å². The average Bonchev–Trinajstić information content (AvgIpc) is 2.88. The molecule has 0 aliphatic carbocycles. The summed E-state index contributed by atoms with van der Waals surface area (Å²) in [5.41, 5.74) is 1.23. The zero-order valence-corrected chi connectivity index (χ0v) is 11.2. The van der Waals surface area contributed by atoms with Gasteiger partial charge in [0.15, 0.2) is 0 Å². The first-order valence-electron chi connectivity index (χ1n) is 6.57. The summed E-state index contributed by atoms with van der Waals surface area (Å²) >= 11 is 0. The first-order chi connectivity index (χ1) is 9.31. The Kier molecular flexibility index (Phi) is 3.03. The molecule has 0 fully saturated rings. The standard InChI is InChI=1S/C14H17N5/c1-3-9-18-11(2)16-14-17-15-10-19(14)13(18)12-7-5-4-6-8-12/h4-8,10,13H,3,9H2,1-2H3. The Morgan fingerprint density at radius 3 is 2.74 bits per heavy atom. The van der Waals surface area contributed by atoms with Crippen molar-refractivity contribution < 1.29 is 0 Å². The largest absolute Gasteiger partial charge is 0.335 e. The molecule has 3 rings (SSSR count). The predicted molar refractivity (Wildman–Crippen MR) is 74.4 cm³/mol. The van der Waals surface area contributed by atoms with Gasteiger partial charge in [-0.15, -0.1) is 10.2 Å². The van der Waals surface area contributed by atoms with E-state index in [4.69, 9.17) is 0 Å². The lowest BCUT2D eigenvalue weighted by molar-refractivity contribution is 0.268. The second-order valence-corrected chi connectivity index (χ2v) is 4.67. The van der Waals surface area contributed by atoms with Crippen LogP contribution >= 0.6 is 0 Å². The van der Waals surface area contributed by atoms with E-state index in [1.807, 2.05) is 17.6 Å². The molecule has 0 saturated carbocycles. The Hall–Kier alpha value is -2.17. The van der Waals surface area contributed by atoms with Crippen LogP contribution < -0.4 is 0 Å². The minimum Gasteiger partial charge on any atom is -0.335 e. The minimum atomic E-state index is 0.101. The van der Waals surface area contributed by atoms with Crippen molar-refractivity contribution in [2.24, 2.45) is 4.99 Å². The third-order valence-corrected chi connectivity index (χ3v) is 3.35. The van der Waals surface area contributed by atoms with Crippen molar-refractivity contribution >= 4 is 11.8 Å². The van der Waals surface area contributed by atoms with Gasteiger partial charge in [0.25, 0.3) is 5.95 Å². The molecule has 19 heavy (non-hydrogen) atoms. The van der Waals surface area contributed by atoms with Crippen LogP contribution in [-0.4, -0.2) is 32.0 Å². The molecular formula is C14H17N5. The highest BCUT2D eigenvalue weighted by Crippen LogP contribution is 2.31. The maximum Gasteiger partial charge on any atom is 0.254 e. The van der Waals surface area contributed by atoms with Crippen LogP contribution in [0.25, 0.3) is 0 Å². The van der Waals surface area contributed by atoms with Gasteiger partial charge in [-0.2, -0.15) is 4.99 Å². The second kappa shape index (κ2) is 4.84. The molecule has 0 amide bonds. The van der Waals surface area contributed by atoms with E-state index in [1.54, 1.807) is 6.33 Å². The zero-order valence-electron chi connectivity index (χ0n) is 11.2. The zero-order chi connectivity index (χ0) is 13.2. The third-order valence-electron chi connectivity index (χ3n) is 3.35. The Balaban J connectivity index is 2.10. The summed E-state index contributed by atoms with van der Waals surface area (Å²) in [5, 5.41) is 8.06. The molecule has 1 aliphatic heterocycles. The Bertz CT molecular complexity index is 587. The summed E-state index contributed by atoms with van der Waals surface area (Å²) < 4.78 is 2.03. The fourth-order valence-electron chi connectivity index (χ4n) is 2.52. The van der Waals surface area contributed by atoms with E-state index in [1.165, 1.54) is 5.56 Å². The van der Waals surface area contributed by atoms with Crippen LogP contribution in [0.1, 0.15) is 32.0 Å².